The Bertz CT molecular complexity index is 781. The van der Waals surface area contributed by atoms with E-state index in [9.17, 15) is 0 Å². The van der Waals surface area contributed by atoms with Crippen molar-refractivity contribution in [2.45, 2.75) is 13.3 Å². The van der Waals surface area contributed by atoms with E-state index in [1.54, 1.807) is 29.0 Å². The molecule has 0 N–H and O–H groups in total. The molecule has 0 spiro atoms. The Morgan fingerprint density at radius 3 is 2.77 bits per heavy atom. The van der Waals surface area contributed by atoms with Crippen molar-refractivity contribution in [3.8, 4) is 0 Å². The van der Waals surface area contributed by atoms with Crippen LogP contribution in [-0.2, 0) is 0 Å². The first kappa shape index (κ1) is 13.9. The summed E-state index contributed by atoms with van der Waals surface area (Å²) >= 11 is 3.41. The summed E-state index contributed by atoms with van der Waals surface area (Å²) in [6.07, 6.45) is 2.80. The molecule has 114 valence electrons. The molecule has 0 radical (unpaired) electrons. The van der Waals surface area contributed by atoms with E-state index in [1.807, 2.05) is 0 Å². The number of rotatable bonds is 2. The molecule has 0 saturated carbocycles. The second-order valence-corrected chi connectivity index (χ2v) is 7.17. The van der Waals surface area contributed by atoms with Gasteiger partial charge in [-0.1, -0.05) is 0 Å². The number of fused-ring (bicyclic) bond motifs is 1. The van der Waals surface area contributed by atoms with Crippen molar-refractivity contribution in [3.05, 3.63) is 28.8 Å². The molecule has 5 nitrogen and oxygen atoms in total. The summed E-state index contributed by atoms with van der Waals surface area (Å²) in [5, 5.41) is 6.52. The van der Waals surface area contributed by atoms with Gasteiger partial charge in [-0.25, -0.2) is 15.0 Å². The summed E-state index contributed by atoms with van der Waals surface area (Å²) < 4.78 is 0. The zero-order valence-corrected chi connectivity index (χ0v) is 14.0. The monoisotopic (exact) mass is 331 g/mol. The molecular formula is C15H17N5S2. The highest BCUT2D eigenvalue weighted by molar-refractivity contribution is 7.16. The van der Waals surface area contributed by atoms with E-state index in [-0.39, 0.29) is 0 Å². The highest BCUT2D eigenvalue weighted by atomic mass is 32.1. The molecule has 4 rings (SSSR count). The van der Waals surface area contributed by atoms with Crippen molar-refractivity contribution in [1.29, 1.82) is 0 Å². The number of aryl methyl sites for hydroxylation is 1. The first-order valence-corrected chi connectivity index (χ1v) is 9.17. The van der Waals surface area contributed by atoms with Crippen LogP contribution in [-0.4, -0.2) is 41.1 Å². The standard InChI is InChI=1S/C15H17N5S2/c1-11-9-22-15(18-11)20-5-2-4-19(6-7-20)13-12-3-8-21-14(12)17-10-16-13/h3,8-10H,2,4-7H2,1H3. The Hall–Kier alpha value is -1.73. The second kappa shape index (κ2) is 5.81. The zero-order chi connectivity index (χ0) is 14.9. The van der Waals surface area contributed by atoms with Crippen molar-refractivity contribution in [2.75, 3.05) is 36.0 Å². The molecule has 0 aromatic carbocycles. The first-order chi connectivity index (χ1) is 10.8. The summed E-state index contributed by atoms with van der Waals surface area (Å²) in [5.74, 6) is 1.07. The molecule has 1 fully saturated rings. The van der Waals surface area contributed by atoms with Crippen LogP contribution in [0.4, 0.5) is 10.9 Å². The number of anilines is 2. The third kappa shape index (κ3) is 2.55. The van der Waals surface area contributed by atoms with E-state index < -0.39 is 0 Å². The van der Waals surface area contributed by atoms with Crippen LogP contribution in [0, 0.1) is 6.92 Å². The molecule has 0 aliphatic carbocycles. The minimum Gasteiger partial charge on any atom is -0.354 e. The zero-order valence-electron chi connectivity index (χ0n) is 12.4. The van der Waals surface area contributed by atoms with Gasteiger partial charge in [-0.2, -0.15) is 0 Å². The van der Waals surface area contributed by atoms with Gasteiger partial charge in [0.05, 0.1) is 11.1 Å². The maximum absolute atomic E-state index is 4.62. The van der Waals surface area contributed by atoms with E-state index in [4.69, 9.17) is 0 Å². The highest BCUT2D eigenvalue weighted by Gasteiger charge is 2.19. The lowest BCUT2D eigenvalue weighted by atomic mass is 10.3. The lowest BCUT2D eigenvalue weighted by Crippen LogP contribution is -2.31. The molecule has 0 atom stereocenters. The van der Waals surface area contributed by atoms with Gasteiger partial charge in [0.15, 0.2) is 5.13 Å². The molecule has 1 aliphatic rings. The fraction of sp³-hybridized carbons (Fsp3) is 0.400. The summed E-state index contributed by atoms with van der Waals surface area (Å²) in [6.45, 7) is 6.10. The van der Waals surface area contributed by atoms with Gasteiger partial charge >= 0.3 is 0 Å². The third-order valence-corrected chi connectivity index (χ3v) is 5.75. The Morgan fingerprint density at radius 1 is 1.05 bits per heavy atom. The predicted molar refractivity (Wildman–Crippen MR) is 93.3 cm³/mol. The van der Waals surface area contributed by atoms with Crippen LogP contribution in [0.3, 0.4) is 0 Å². The number of hydrogen-bond acceptors (Lipinski definition) is 7. The number of thiazole rings is 1. The fourth-order valence-electron chi connectivity index (χ4n) is 2.84. The van der Waals surface area contributed by atoms with Gasteiger partial charge in [0.25, 0.3) is 0 Å². The maximum atomic E-state index is 4.62. The average Bonchev–Trinajstić information content (AvgIpc) is 3.10. The molecule has 22 heavy (non-hydrogen) atoms. The van der Waals surface area contributed by atoms with E-state index in [2.05, 4.69) is 48.5 Å². The van der Waals surface area contributed by atoms with E-state index in [0.717, 1.165) is 54.1 Å². The molecule has 0 unspecified atom stereocenters. The van der Waals surface area contributed by atoms with Crippen LogP contribution in [0.25, 0.3) is 10.2 Å². The van der Waals surface area contributed by atoms with Crippen molar-refractivity contribution in [1.82, 2.24) is 15.0 Å². The molecule has 7 heteroatoms. The molecule has 3 aromatic rings. The molecule has 0 bridgehead atoms. The van der Waals surface area contributed by atoms with Gasteiger partial charge in [-0.05, 0) is 24.8 Å². The van der Waals surface area contributed by atoms with E-state index >= 15 is 0 Å². The molecular weight excluding hydrogens is 314 g/mol. The number of thiophene rings is 1. The van der Waals surface area contributed by atoms with Crippen molar-refractivity contribution >= 4 is 43.8 Å². The summed E-state index contributed by atoms with van der Waals surface area (Å²) in [7, 11) is 0. The van der Waals surface area contributed by atoms with Crippen LogP contribution in [0.2, 0.25) is 0 Å². The van der Waals surface area contributed by atoms with Crippen LogP contribution in [0.15, 0.2) is 23.2 Å². The van der Waals surface area contributed by atoms with Crippen LogP contribution in [0.1, 0.15) is 12.1 Å². The Morgan fingerprint density at radius 2 is 1.91 bits per heavy atom. The smallest absolute Gasteiger partial charge is 0.185 e. The molecule has 0 amide bonds. The topological polar surface area (TPSA) is 45.2 Å². The lowest BCUT2D eigenvalue weighted by molar-refractivity contribution is 0.798. The van der Waals surface area contributed by atoms with E-state index in [1.165, 1.54) is 5.39 Å². The largest absolute Gasteiger partial charge is 0.354 e. The summed E-state index contributed by atoms with van der Waals surface area (Å²) in [6, 6.07) is 2.13. The van der Waals surface area contributed by atoms with Crippen molar-refractivity contribution in [3.63, 3.8) is 0 Å². The summed E-state index contributed by atoms with van der Waals surface area (Å²) in [5.41, 5.74) is 1.11. The fourth-order valence-corrected chi connectivity index (χ4v) is 4.42. The predicted octanol–water partition coefficient (Wildman–Crippen LogP) is 3.17. The minimum absolute atomic E-state index is 0.973. The third-order valence-electron chi connectivity index (χ3n) is 3.91. The first-order valence-electron chi connectivity index (χ1n) is 7.41. The van der Waals surface area contributed by atoms with Crippen molar-refractivity contribution in [2.24, 2.45) is 0 Å². The van der Waals surface area contributed by atoms with Gasteiger partial charge in [0, 0.05) is 31.6 Å². The Labute approximate surface area is 137 Å². The number of nitrogens with zero attached hydrogens (tertiary/aromatic N) is 5. The Kier molecular flexibility index (Phi) is 3.67. The quantitative estimate of drug-likeness (QED) is 0.722. The minimum atomic E-state index is 0.973. The molecule has 1 aliphatic heterocycles. The van der Waals surface area contributed by atoms with E-state index in [0.29, 0.717) is 0 Å². The van der Waals surface area contributed by atoms with Gasteiger partial charge in [0.2, 0.25) is 0 Å². The second-order valence-electron chi connectivity index (χ2n) is 5.44. The van der Waals surface area contributed by atoms with Gasteiger partial charge in [-0.15, -0.1) is 22.7 Å². The SMILES string of the molecule is Cc1csc(N2CCCN(c3ncnc4sccc34)CC2)n1. The maximum Gasteiger partial charge on any atom is 0.185 e. The molecule has 4 heterocycles. The summed E-state index contributed by atoms with van der Waals surface area (Å²) in [4.78, 5) is 19.4. The molecule has 1 saturated heterocycles. The van der Waals surface area contributed by atoms with Crippen molar-refractivity contribution < 1.29 is 0 Å². The van der Waals surface area contributed by atoms with Gasteiger partial charge < -0.3 is 9.80 Å². The molecule has 3 aromatic heterocycles. The number of hydrogen-bond donors (Lipinski definition) is 0. The number of aromatic nitrogens is 3. The van der Waals surface area contributed by atoms with Crippen LogP contribution < -0.4 is 9.80 Å². The normalized spacial score (nSPS) is 16.2. The lowest BCUT2D eigenvalue weighted by Gasteiger charge is -2.22. The van der Waals surface area contributed by atoms with Gasteiger partial charge in [-0.3, -0.25) is 0 Å². The van der Waals surface area contributed by atoms with Crippen LogP contribution >= 0.6 is 22.7 Å². The highest BCUT2D eigenvalue weighted by Crippen LogP contribution is 2.28. The van der Waals surface area contributed by atoms with Crippen LogP contribution in [0.5, 0.6) is 0 Å². The average molecular weight is 331 g/mol. The Balaban J connectivity index is 1.56. The van der Waals surface area contributed by atoms with Gasteiger partial charge in [0.1, 0.15) is 17.0 Å².